The van der Waals surface area contributed by atoms with Gasteiger partial charge in [0.15, 0.2) is 0 Å². The Morgan fingerprint density at radius 1 is 1.06 bits per heavy atom. The Morgan fingerprint density at radius 3 is 2.69 bits per heavy atom. The number of hydrogen-bond acceptors (Lipinski definition) is 7. The first-order chi connectivity index (χ1) is 15.7. The fourth-order valence-electron chi connectivity index (χ4n) is 5.17. The van der Waals surface area contributed by atoms with Gasteiger partial charge in [-0.2, -0.15) is 5.10 Å². The molecule has 5 heterocycles. The van der Waals surface area contributed by atoms with E-state index in [1.165, 1.54) is 12.8 Å². The van der Waals surface area contributed by atoms with Crippen LogP contribution in [-0.4, -0.2) is 73.0 Å². The molecule has 2 aliphatic rings. The van der Waals surface area contributed by atoms with E-state index in [0.29, 0.717) is 12.1 Å². The number of aryl methyl sites for hydroxylation is 1. The first kappa shape index (κ1) is 19.6. The van der Waals surface area contributed by atoms with Crippen LogP contribution in [0.2, 0.25) is 0 Å². The Balaban J connectivity index is 1.26. The molecule has 32 heavy (non-hydrogen) atoms. The molecular formula is C23H28N8O. The third kappa shape index (κ3) is 3.61. The molecule has 0 aromatic carbocycles. The van der Waals surface area contributed by atoms with Gasteiger partial charge in [-0.3, -0.25) is 14.6 Å². The number of nitrogens with one attached hydrogen (secondary N) is 2. The topological polar surface area (TPSA) is 96.8 Å². The van der Waals surface area contributed by atoms with Gasteiger partial charge >= 0.3 is 0 Å². The molecule has 166 valence electrons. The maximum atomic E-state index is 5.52. The molecule has 2 N–H and O–H groups in total. The maximum absolute atomic E-state index is 5.52. The zero-order chi connectivity index (χ0) is 21.5. The Bertz CT molecular complexity index is 1230. The van der Waals surface area contributed by atoms with Crippen molar-refractivity contribution in [1.82, 2.24) is 34.6 Å². The minimum absolute atomic E-state index is 0.426. The van der Waals surface area contributed by atoms with E-state index in [1.54, 1.807) is 11.0 Å². The number of anilines is 1. The number of aromatic amines is 1. The van der Waals surface area contributed by atoms with Crippen LogP contribution >= 0.6 is 0 Å². The summed E-state index contributed by atoms with van der Waals surface area (Å²) in [6, 6.07) is 3.22. The van der Waals surface area contributed by atoms with Gasteiger partial charge in [-0.25, -0.2) is 9.97 Å². The summed E-state index contributed by atoms with van der Waals surface area (Å²) in [6.07, 6.45) is 12.1. The molecule has 1 saturated carbocycles. The van der Waals surface area contributed by atoms with E-state index >= 15 is 0 Å². The van der Waals surface area contributed by atoms with Crippen molar-refractivity contribution >= 4 is 27.8 Å². The summed E-state index contributed by atoms with van der Waals surface area (Å²) in [5, 5.41) is 10.1. The summed E-state index contributed by atoms with van der Waals surface area (Å²) in [4.78, 5) is 19.7. The zero-order valence-electron chi connectivity index (χ0n) is 18.3. The van der Waals surface area contributed by atoms with Crippen molar-refractivity contribution in [3.05, 3.63) is 31.0 Å². The van der Waals surface area contributed by atoms with E-state index in [1.807, 2.05) is 25.6 Å². The van der Waals surface area contributed by atoms with Gasteiger partial charge < -0.3 is 15.0 Å². The molecule has 0 bridgehead atoms. The second-order valence-corrected chi connectivity index (χ2v) is 8.89. The van der Waals surface area contributed by atoms with Gasteiger partial charge in [0.2, 0.25) is 0 Å². The van der Waals surface area contributed by atoms with Gasteiger partial charge in [0.1, 0.15) is 17.8 Å². The van der Waals surface area contributed by atoms with Gasteiger partial charge in [-0.15, -0.1) is 0 Å². The molecule has 0 unspecified atom stereocenters. The zero-order valence-corrected chi connectivity index (χ0v) is 18.3. The van der Waals surface area contributed by atoms with Crippen molar-refractivity contribution < 1.29 is 4.74 Å². The Hall–Kier alpha value is -3.04. The van der Waals surface area contributed by atoms with Crippen LogP contribution in [0.3, 0.4) is 0 Å². The number of rotatable bonds is 4. The van der Waals surface area contributed by atoms with E-state index in [2.05, 4.69) is 41.3 Å². The molecule has 1 saturated heterocycles. The molecule has 1 aliphatic heterocycles. The van der Waals surface area contributed by atoms with Gasteiger partial charge in [0.25, 0.3) is 0 Å². The monoisotopic (exact) mass is 432 g/mol. The predicted molar refractivity (Wildman–Crippen MR) is 123 cm³/mol. The fraction of sp³-hybridized carbons (Fsp3) is 0.478. The third-order valence-corrected chi connectivity index (χ3v) is 6.87. The van der Waals surface area contributed by atoms with Crippen molar-refractivity contribution in [2.24, 2.45) is 7.05 Å². The first-order valence-electron chi connectivity index (χ1n) is 11.4. The lowest BCUT2D eigenvalue weighted by molar-refractivity contribution is 0.00791. The van der Waals surface area contributed by atoms with Gasteiger partial charge in [-0.05, 0) is 31.7 Å². The first-order valence-corrected chi connectivity index (χ1v) is 11.4. The second-order valence-electron chi connectivity index (χ2n) is 8.89. The summed E-state index contributed by atoms with van der Waals surface area (Å²) in [5.74, 6) is 0.902. The lowest BCUT2D eigenvalue weighted by atomic mass is 9.90. The Morgan fingerprint density at radius 2 is 1.91 bits per heavy atom. The highest BCUT2D eigenvalue weighted by Crippen LogP contribution is 2.33. The largest absolute Gasteiger partial charge is 0.379 e. The number of morpholine rings is 1. The highest BCUT2D eigenvalue weighted by atomic mass is 16.5. The molecule has 0 atom stereocenters. The minimum atomic E-state index is 0.426. The summed E-state index contributed by atoms with van der Waals surface area (Å²) in [6.45, 7) is 3.87. The van der Waals surface area contributed by atoms with Crippen LogP contribution in [0.15, 0.2) is 31.0 Å². The average Bonchev–Trinajstić information content (AvgIpc) is 3.43. The lowest BCUT2D eigenvalue weighted by Crippen LogP contribution is -2.46. The van der Waals surface area contributed by atoms with Crippen LogP contribution in [-0.2, 0) is 11.8 Å². The smallest absolute Gasteiger partial charge is 0.143 e. The molecule has 1 aliphatic carbocycles. The molecule has 0 spiro atoms. The number of aromatic nitrogens is 6. The Kier molecular flexibility index (Phi) is 4.99. The second kappa shape index (κ2) is 8.14. The molecule has 4 aromatic heterocycles. The van der Waals surface area contributed by atoms with Gasteiger partial charge in [0.05, 0.1) is 42.2 Å². The average molecular weight is 433 g/mol. The number of fused-ring (bicyclic) bond motifs is 3. The summed E-state index contributed by atoms with van der Waals surface area (Å²) in [7, 11) is 1.91. The molecule has 0 amide bonds. The minimum Gasteiger partial charge on any atom is -0.379 e. The number of H-pyrrole nitrogens is 1. The van der Waals surface area contributed by atoms with Crippen LogP contribution in [0.4, 0.5) is 5.82 Å². The maximum Gasteiger partial charge on any atom is 0.143 e. The van der Waals surface area contributed by atoms with Crippen LogP contribution in [0.5, 0.6) is 0 Å². The number of ether oxygens (including phenoxy) is 1. The quantitative estimate of drug-likeness (QED) is 0.512. The molecule has 0 radical (unpaired) electrons. The van der Waals surface area contributed by atoms with Crippen molar-refractivity contribution in [3.8, 4) is 11.3 Å². The van der Waals surface area contributed by atoms with Crippen LogP contribution in [0, 0.1) is 0 Å². The summed E-state index contributed by atoms with van der Waals surface area (Å²) < 4.78 is 7.31. The number of hydrogen-bond donors (Lipinski definition) is 2. The fourth-order valence-corrected chi connectivity index (χ4v) is 5.17. The predicted octanol–water partition coefficient (Wildman–Crippen LogP) is 2.96. The summed E-state index contributed by atoms with van der Waals surface area (Å²) >= 11 is 0. The van der Waals surface area contributed by atoms with Gasteiger partial charge in [-0.1, -0.05) is 0 Å². The highest BCUT2D eigenvalue weighted by molar-refractivity contribution is 6.11. The number of pyridine rings is 1. The van der Waals surface area contributed by atoms with Gasteiger partial charge in [0, 0.05) is 49.4 Å². The molecule has 2 fully saturated rings. The molecule has 4 aromatic rings. The molecular weight excluding hydrogens is 404 g/mol. The third-order valence-electron chi connectivity index (χ3n) is 6.87. The van der Waals surface area contributed by atoms with E-state index < -0.39 is 0 Å². The van der Waals surface area contributed by atoms with E-state index in [4.69, 9.17) is 4.74 Å². The number of nitrogens with zero attached hydrogens (tertiary/aromatic N) is 6. The highest BCUT2D eigenvalue weighted by Gasteiger charge is 2.27. The Labute approximate surface area is 186 Å². The standard InChI is InChI=1S/C23H28N8O/c1-30-13-15(11-27-30)19-10-18-20(12-24-19)29-23-21(18)22(25-14-26-23)28-16-2-4-17(5-3-16)31-6-8-32-9-7-31/h10-14,16-17H,2-9H2,1H3,(H2,25,26,28,29). The van der Waals surface area contributed by atoms with Crippen LogP contribution in [0.25, 0.3) is 33.2 Å². The van der Waals surface area contributed by atoms with Crippen LogP contribution in [0.1, 0.15) is 25.7 Å². The van der Waals surface area contributed by atoms with Crippen molar-refractivity contribution in [1.29, 1.82) is 0 Å². The van der Waals surface area contributed by atoms with Crippen molar-refractivity contribution in [3.63, 3.8) is 0 Å². The van der Waals surface area contributed by atoms with E-state index in [-0.39, 0.29) is 0 Å². The normalized spacial score (nSPS) is 22.5. The lowest BCUT2D eigenvalue weighted by Gasteiger charge is -2.39. The van der Waals surface area contributed by atoms with E-state index in [0.717, 1.165) is 78.2 Å². The summed E-state index contributed by atoms with van der Waals surface area (Å²) in [5.41, 5.74) is 3.70. The molecule has 6 rings (SSSR count). The molecule has 9 heteroatoms. The van der Waals surface area contributed by atoms with Crippen LogP contribution < -0.4 is 5.32 Å². The van der Waals surface area contributed by atoms with Crippen molar-refractivity contribution in [2.75, 3.05) is 31.6 Å². The van der Waals surface area contributed by atoms with E-state index in [9.17, 15) is 0 Å². The SMILES string of the molecule is Cn1cc(-c2cc3c(cn2)[nH]c2ncnc(NC4CCC(N5CCOCC5)CC4)c23)cn1. The van der Waals surface area contributed by atoms with Crippen molar-refractivity contribution in [2.45, 2.75) is 37.8 Å². The molecule has 9 nitrogen and oxygen atoms in total.